The average molecular weight is 537 g/mol. The number of fused-ring (bicyclic) bond motifs is 1. The monoisotopic (exact) mass is 536 g/mol. The van der Waals surface area contributed by atoms with Gasteiger partial charge in [-0.1, -0.05) is 23.7 Å². The average Bonchev–Trinajstić information content (AvgIpc) is 3.50. The van der Waals surface area contributed by atoms with Gasteiger partial charge in [-0.05, 0) is 49.7 Å². The third-order valence-corrected chi connectivity index (χ3v) is 6.48. The van der Waals surface area contributed by atoms with E-state index in [-0.39, 0.29) is 17.5 Å². The van der Waals surface area contributed by atoms with Crippen molar-refractivity contribution in [2.45, 2.75) is 26.5 Å². The number of pyridine rings is 1. The number of nitrogens with zero attached hydrogens (tertiary/aromatic N) is 5. The Hall–Kier alpha value is -4.31. The highest BCUT2D eigenvalue weighted by molar-refractivity contribution is 6.31. The number of benzene rings is 2. The fourth-order valence-corrected chi connectivity index (χ4v) is 4.59. The molecular formula is C27H23ClF2N6O2. The largest absolute Gasteiger partial charge is 0.487 e. The van der Waals surface area contributed by atoms with Gasteiger partial charge in [0, 0.05) is 29.9 Å². The van der Waals surface area contributed by atoms with Gasteiger partial charge in [0.05, 0.1) is 29.1 Å². The summed E-state index contributed by atoms with van der Waals surface area (Å²) in [5, 5.41) is 11.8. The first-order valence-corrected chi connectivity index (χ1v) is 12.1. The van der Waals surface area contributed by atoms with Gasteiger partial charge in [-0.2, -0.15) is 10.2 Å². The Morgan fingerprint density at radius 2 is 1.97 bits per heavy atom. The molecule has 0 unspecified atom stereocenters. The molecule has 11 heteroatoms. The number of carbonyl (C=O) groups is 1. The van der Waals surface area contributed by atoms with Crippen LogP contribution >= 0.6 is 11.6 Å². The minimum Gasteiger partial charge on any atom is -0.487 e. The number of para-hydroxylation sites is 1. The molecule has 38 heavy (non-hydrogen) atoms. The maximum Gasteiger partial charge on any atom is 0.270 e. The van der Waals surface area contributed by atoms with E-state index in [1.54, 1.807) is 38.2 Å². The summed E-state index contributed by atoms with van der Waals surface area (Å²) in [6.45, 7) is 3.54. The first-order valence-electron chi connectivity index (χ1n) is 11.7. The van der Waals surface area contributed by atoms with Crippen LogP contribution in [0.3, 0.4) is 0 Å². The zero-order chi connectivity index (χ0) is 27.0. The van der Waals surface area contributed by atoms with E-state index in [9.17, 15) is 13.6 Å². The molecule has 8 nitrogen and oxygen atoms in total. The first kappa shape index (κ1) is 25.3. The first-order chi connectivity index (χ1) is 18.2. The van der Waals surface area contributed by atoms with E-state index in [1.807, 2.05) is 13.0 Å². The van der Waals surface area contributed by atoms with Crippen molar-refractivity contribution in [1.29, 1.82) is 0 Å². The SMILES string of the molecule is Cc1cc(-n2cc(F)cn2)c2cccc(OCc3c(Cl)cc(F)cc3[C@H](C)NC(=O)c3ccnn3C)c2n1. The quantitative estimate of drug-likeness (QED) is 0.298. The Kier molecular flexibility index (Phi) is 6.81. The van der Waals surface area contributed by atoms with Crippen molar-refractivity contribution in [2.75, 3.05) is 0 Å². The lowest BCUT2D eigenvalue weighted by Gasteiger charge is -2.20. The molecule has 1 amide bonds. The van der Waals surface area contributed by atoms with Crippen molar-refractivity contribution in [2.24, 2.45) is 7.05 Å². The Labute approximate surface area is 221 Å². The van der Waals surface area contributed by atoms with Crippen LogP contribution in [-0.4, -0.2) is 30.5 Å². The summed E-state index contributed by atoms with van der Waals surface area (Å²) in [4.78, 5) is 17.4. The molecule has 2 aromatic carbocycles. The number of halogens is 3. The van der Waals surface area contributed by atoms with Crippen LogP contribution in [0, 0.1) is 18.6 Å². The van der Waals surface area contributed by atoms with E-state index in [2.05, 4.69) is 20.5 Å². The zero-order valence-electron chi connectivity index (χ0n) is 20.7. The molecule has 0 saturated carbocycles. The van der Waals surface area contributed by atoms with Crippen LogP contribution < -0.4 is 10.1 Å². The highest BCUT2D eigenvalue weighted by Gasteiger charge is 2.21. The molecule has 0 bridgehead atoms. The van der Waals surface area contributed by atoms with Gasteiger partial charge in [0.1, 0.15) is 29.4 Å². The van der Waals surface area contributed by atoms with E-state index < -0.39 is 17.7 Å². The molecule has 0 fully saturated rings. The second-order valence-electron chi connectivity index (χ2n) is 8.82. The van der Waals surface area contributed by atoms with E-state index in [0.717, 1.165) is 6.20 Å². The van der Waals surface area contributed by atoms with Gasteiger partial charge in [-0.25, -0.2) is 18.4 Å². The molecular weight excluding hydrogens is 514 g/mol. The molecule has 3 heterocycles. The van der Waals surface area contributed by atoms with Gasteiger partial charge in [0.15, 0.2) is 5.82 Å². The summed E-state index contributed by atoms with van der Waals surface area (Å²) in [6, 6.07) is 10.7. The van der Waals surface area contributed by atoms with Crippen LogP contribution in [-0.2, 0) is 13.7 Å². The highest BCUT2D eigenvalue weighted by atomic mass is 35.5. The molecule has 194 valence electrons. The predicted octanol–water partition coefficient (Wildman–Crippen LogP) is 5.46. The molecule has 1 N–H and O–H groups in total. The van der Waals surface area contributed by atoms with Crippen molar-refractivity contribution in [3.63, 3.8) is 0 Å². The number of carbonyl (C=O) groups excluding carboxylic acids is 1. The summed E-state index contributed by atoms with van der Waals surface area (Å²) >= 11 is 6.45. The number of aryl methyl sites for hydroxylation is 2. The van der Waals surface area contributed by atoms with Crippen molar-refractivity contribution in [3.05, 3.63) is 100 Å². The van der Waals surface area contributed by atoms with Crippen molar-refractivity contribution in [1.82, 2.24) is 29.9 Å². The number of nitrogens with one attached hydrogen (secondary N) is 1. The minimum atomic E-state index is -0.585. The summed E-state index contributed by atoms with van der Waals surface area (Å²) in [7, 11) is 1.66. The molecule has 0 saturated heterocycles. The van der Waals surface area contributed by atoms with Gasteiger partial charge in [0.25, 0.3) is 5.91 Å². The number of ether oxygens (including phenoxy) is 1. The van der Waals surface area contributed by atoms with Gasteiger partial charge in [-0.15, -0.1) is 0 Å². The second kappa shape index (κ2) is 10.2. The smallest absolute Gasteiger partial charge is 0.270 e. The normalized spacial score (nSPS) is 12.1. The van der Waals surface area contributed by atoms with E-state index in [1.165, 1.54) is 33.9 Å². The van der Waals surface area contributed by atoms with Crippen LogP contribution in [0.1, 0.15) is 40.3 Å². The minimum absolute atomic E-state index is 0.0131. The van der Waals surface area contributed by atoms with Gasteiger partial charge in [0.2, 0.25) is 0 Å². The maximum atomic E-state index is 14.4. The van der Waals surface area contributed by atoms with E-state index in [0.29, 0.717) is 44.9 Å². The molecule has 0 aliphatic carbocycles. The van der Waals surface area contributed by atoms with Crippen LogP contribution in [0.4, 0.5) is 8.78 Å². The lowest BCUT2D eigenvalue weighted by molar-refractivity contribution is 0.0930. The lowest BCUT2D eigenvalue weighted by Crippen LogP contribution is -2.29. The third kappa shape index (κ3) is 4.95. The Balaban J connectivity index is 1.47. The van der Waals surface area contributed by atoms with Crippen molar-refractivity contribution >= 4 is 28.4 Å². The van der Waals surface area contributed by atoms with E-state index in [4.69, 9.17) is 16.3 Å². The van der Waals surface area contributed by atoms with E-state index >= 15 is 0 Å². The number of aromatic nitrogens is 5. The zero-order valence-corrected chi connectivity index (χ0v) is 21.5. The third-order valence-electron chi connectivity index (χ3n) is 6.14. The number of hydrogen-bond acceptors (Lipinski definition) is 5. The van der Waals surface area contributed by atoms with Crippen LogP contribution in [0.25, 0.3) is 16.6 Å². The number of amides is 1. The lowest BCUT2D eigenvalue weighted by atomic mass is 10.0. The summed E-state index contributed by atoms with van der Waals surface area (Å²) < 4.78 is 37.1. The molecule has 3 aromatic heterocycles. The van der Waals surface area contributed by atoms with Gasteiger partial charge >= 0.3 is 0 Å². The van der Waals surface area contributed by atoms with Crippen LogP contribution in [0.5, 0.6) is 5.75 Å². The Morgan fingerprint density at radius 3 is 2.68 bits per heavy atom. The molecule has 0 spiro atoms. The molecule has 1 atom stereocenters. The molecule has 5 aromatic rings. The van der Waals surface area contributed by atoms with Crippen molar-refractivity contribution < 1.29 is 18.3 Å². The van der Waals surface area contributed by atoms with Crippen LogP contribution in [0.15, 0.2) is 61.1 Å². The fourth-order valence-electron chi connectivity index (χ4n) is 4.32. The number of hydrogen-bond donors (Lipinski definition) is 1. The molecule has 5 rings (SSSR count). The standard InChI is InChI=1S/C27H23ClF2N6O2/c1-15-9-24(36-13-18(30)12-32-36)19-5-4-6-25(26(19)33-15)38-14-21-20(10-17(29)11-22(21)28)16(2)34-27(37)23-7-8-31-35(23)3/h4-13,16H,14H2,1-3H3,(H,34,37)/t16-/m0/s1. The van der Waals surface area contributed by atoms with Crippen LogP contribution in [0.2, 0.25) is 5.02 Å². The summed E-state index contributed by atoms with van der Waals surface area (Å²) in [5.41, 5.74) is 3.24. The Bertz CT molecular complexity index is 1670. The van der Waals surface area contributed by atoms with Crippen molar-refractivity contribution in [3.8, 4) is 11.4 Å². The highest BCUT2D eigenvalue weighted by Crippen LogP contribution is 2.32. The van der Waals surface area contributed by atoms with Gasteiger partial charge < -0.3 is 10.1 Å². The summed E-state index contributed by atoms with van der Waals surface area (Å²) in [5.74, 6) is -0.893. The number of rotatable bonds is 7. The molecule has 0 aliphatic rings. The Morgan fingerprint density at radius 1 is 1.16 bits per heavy atom. The predicted molar refractivity (Wildman–Crippen MR) is 138 cm³/mol. The second-order valence-corrected chi connectivity index (χ2v) is 9.22. The fraction of sp³-hybridized carbons (Fsp3) is 0.185. The van der Waals surface area contributed by atoms with Gasteiger partial charge in [-0.3, -0.25) is 9.48 Å². The maximum absolute atomic E-state index is 14.4. The topological polar surface area (TPSA) is 86.9 Å². The molecule has 0 radical (unpaired) electrons. The molecule has 0 aliphatic heterocycles. The summed E-state index contributed by atoms with van der Waals surface area (Å²) in [6.07, 6.45) is 3.94.